The largest absolute Gasteiger partial charge is 0.465 e. The molecule has 0 heterocycles. The molecule has 0 bridgehead atoms. The molecule has 0 radical (unpaired) electrons. The van der Waals surface area contributed by atoms with Gasteiger partial charge in [0.1, 0.15) is 6.04 Å². The van der Waals surface area contributed by atoms with Gasteiger partial charge in [0, 0.05) is 5.75 Å². The molecular weight excluding hydrogens is 232 g/mol. The van der Waals surface area contributed by atoms with Crippen molar-refractivity contribution in [2.45, 2.75) is 13.0 Å². The van der Waals surface area contributed by atoms with Gasteiger partial charge in [-0.15, -0.1) is 0 Å². The standard InChI is InChI=1S/C5H11NO2S.H3NO3S/c1-2-8-5(7)4(6)3-9;1-5(2,3)4/h4,9H,2-3,6H2,1H3;(H3,1,2,3,4). The van der Waals surface area contributed by atoms with Crippen LogP contribution in [0.2, 0.25) is 0 Å². The highest BCUT2D eigenvalue weighted by Crippen LogP contribution is 1.87. The summed E-state index contributed by atoms with van der Waals surface area (Å²) >= 11 is 3.82. The van der Waals surface area contributed by atoms with E-state index in [1.807, 2.05) is 0 Å². The van der Waals surface area contributed by atoms with E-state index in [1.165, 1.54) is 0 Å². The summed E-state index contributed by atoms with van der Waals surface area (Å²) in [5.74, 6) is -0.0498. The van der Waals surface area contributed by atoms with Gasteiger partial charge in [-0.1, -0.05) is 0 Å². The Labute approximate surface area is 88.1 Å². The molecule has 0 spiro atoms. The van der Waals surface area contributed by atoms with Crippen LogP contribution in [-0.2, 0) is 19.8 Å². The summed E-state index contributed by atoms with van der Waals surface area (Å²) in [4.78, 5) is 10.6. The Morgan fingerprint density at radius 1 is 1.64 bits per heavy atom. The van der Waals surface area contributed by atoms with Gasteiger partial charge in [0.05, 0.1) is 6.61 Å². The monoisotopic (exact) mass is 246 g/mol. The zero-order valence-electron chi connectivity index (χ0n) is 7.58. The van der Waals surface area contributed by atoms with Crippen LogP contribution in [-0.4, -0.2) is 37.3 Å². The van der Waals surface area contributed by atoms with Crippen LogP contribution < -0.4 is 10.9 Å². The van der Waals surface area contributed by atoms with Crippen LogP contribution in [0.1, 0.15) is 6.92 Å². The maximum absolute atomic E-state index is 10.6. The molecule has 9 heteroatoms. The number of nitrogens with two attached hydrogens (primary N) is 2. The molecule has 7 nitrogen and oxygen atoms in total. The first-order valence-corrected chi connectivity index (χ1v) is 5.64. The highest BCUT2D eigenvalue weighted by atomic mass is 32.2. The molecule has 0 amide bonds. The van der Waals surface area contributed by atoms with Crippen molar-refractivity contribution >= 4 is 28.9 Å². The lowest BCUT2D eigenvalue weighted by atomic mass is 10.4. The van der Waals surface area contributed by atoms with Crippen LogP contribution in [0.15, 0.2) is 0 Å². The Morgan fingerprint density at radius 2 is 2.00 bits per heavy atom. The average molecular weight is 246 g/mol. The van der Waals surface area contributed by atoms with Crippen molar-refractivity contribution < 1.29 is 22.5 Å². The zero-order valence-corrected chi connectivity index (χ0v) is 9.29. The molecule has 86 valence electrons. The van der Waals surface area contributed by atoms with Crippen molar-refractivity contribution in [3.8, 4) is 0 Å². The molecule has 0 aromatic heterocycles. The number of carbonyl (C=O) groups is 1. The third-order valence-corrected chi connectivity index (χ3v) is 1.18. The number of rotatable bonds is 3. The minimum absolute atomic E-state index is 0.332. The van der Waals surface area contributed by atoms with Gasteiger partial charge in [-0.3, -0.25) is 9.35 Å². The van der Waals surface area contributed by atoms with Crippen LogP contribution in [0.3, 0.4) is 0 Å². The number of esters is 1. The van der Waals surface area contributed by atoms with Gasteiger partial charge < -0.3 is 10.5 Å². The minimum Gasteiger partial charge on any atom is -0.465 e. The fraction of sp³-hybridized carbons (Fsp3) is 0.800. The first-order valence-electron chi connectivity index (χ1n) is 3.50. The molecule has 0 aliphatic rings. The van der Waals surface area contributed by atoms with Gasteiger partial charge in [0.2, 0.25) is 0 Å². The molecule has 0 aromatic carbocycles. The Kier molecular flexibility index (Phi) is 9.20. The van der Waals surface area contributed by atoms with Crippen LogP contribution >= 0.6 is 12.6 Å². The lowest BCUT2D eigenvalue weighted by Crippen LogP contribution is -2.33. The van der Waals surface area contributed by atoms with Crippen molar-refractivity contribution in [2.24, 2.45) is 10.9 Å². The maximum atomic E-state index is 10.6. The quantitative estimate of drug-likeness (QED) is 0.274. The van der Waals surface area contributed by atoms with E-state index >= 15 is 0 Å². The second-order valence-corrected chi connectivity index (χ2v) is 3.45. The molecule has 0 saturated carbocycles. The highest BCUT2D eigenvalue weighted by Gasteiger charge is 2.10. The van der Waals surface area contributed by atoms with E-state index in [1.54, 1.807) is 6.92 Å². The van der Waals surface area contributed by atoms with Gasteiger partial charge in [0.15, 0.2) is 0 Å². The number of carbonyl (C=O) groups excluding carboxylic acids is 1. The Balaban J connectivity index is 0. The topological polar surface area (TPSA) is 133 Å². The Bertz CT molecular complexity index is 245. The van der Waals surface area contributed by atoms with Gasteiger partial charge in [-0.05, 0) is 6.92 Å². The lowest BCUT2D eigenvalue weighted by molar-refractivity contribution is -0.144. The third-order valence-electron chi connectivity index (χ3n) is 0.786. The number of hydrogen-bond donors (Lipinski definition) is 4. The van der Waals surface area contributed by atoms with Crippen molar-refractivity contribution in [1.82, 2.24) is 0 Å². The van der Waals surface area contributed by atoms with Crippen LogP contribution in [0.25, 0.3) is 0 Å². The summed E-state index contributed by atoms with van der Waals surface area (Å²) in [6.07, 6.45) is 0. The van der Waals surface area contributed by atoms with E-state index < -0.39 is 16.3 Å². The van der Waals surface area contributed by atoms with E-state index in [2.05, 4.69) is 22.5 Å². The first kappa shape index (κ1) is 16.1. The van der Waals surface area contributed by atoms with E-state index in [-0.39, 0.29) is 5.97 Å². The highest BCUT2D eigenvalue weighted by molar-refractivity contribution is 7.83. The molecule has 0 aliphatic heterocycles. The van der Waals surface area contributed by atoms with Crippen molar-refractivity contribution in [3.63, 3.8) is 0 Å². The summed E-state index contributed by atoms with van der Waals surface area (Å²) in [6, 6.07) is -0.576. The molecule has 5 N–H and O–H groups in total. The molecule has 0 rings (SSSR count). The van der Waals surface area contributed by atoms with Crippen molar-refractivity contribution in [1.29, 1.82) is 0 Å². The molecule has 0 aliphatic carbocycles. The summed E-state index contributed by atoms with van der Waals surface area (Å²) < 4.78 is 29.8. The minimum atomic E-state index is -4.17. The lowest BCUT2D eigenvalue weighted by Gasteiger charge is -2.05. The molecular formula is C5H14N2O5S2. The van der Waals surface area contributed by atoms with Crippen LogP contribution in [0.4, 0.5) is 0 Å². The van der Waals surface area contributed by atoms with Gasteiger partial charge in [-0.25, -0.2) is 5.14 Å². The molecule has 1 atom stereocenters. The van der Waals surface area contributed by atoms with Crippen LogP contribution in [0.5, 0.6) is 0 Å². The normalized spacial score (nSPS) is 12.4. The molecule has 0 fully saturated rings. The summed E-state index contributed by atoms with van der Waals surface area (Å²) in [5.41, 5.74) is 5.25. The number of thiol groups is 1. The fourth-order valence-corrected chi connectivity index (χ4v) is 0.473. The summed E-state index contributed by atoms with van der Waals surface area (Å²) in [7, 11) is -4.17. The first-order chi connectivity index (χ1) is 6.22. The smallest absolute Gasteiger partial charge is 0.330 e. The summed E-state index contributed by atoms with van der Waals surface area (Å²) in [5, 5.41) is 3.88. The van der Waals surface area contributed by atoms with Gasteiger partial charge in [-0.2, -0.15) is 21.0 Å². The van der Waals surface area contributed by atoms with Gasteiger partial charge in [0.25, 0.3) is 0 Å². The van der Waals surface area contributed by atoms with Crippen LogP contribution in [0, 0.1) is 0 Å². The number of hydrogen-bond acceptors (Lipinski definition) is 6. The second kappa shape index (κ2) is 8.00. The van der Waals surface area contributed by atoms with E-state index in [4.69, 9.17) is 18.7 Å². The van der Waals surface area contributed by atoms with E-state index in [0.29, 0.717) is 12.4 Å². The van der Waals surface area contributed by atoms with E-state index in [9.17, 15) is 4.79 Å². The molecule has 0 saturated heterocycles. The van der Waals surface area contributed by atoms with Crippen molar-refractivity contribution in [2.75, 3.05) is 12.4 Å². The SMILES string of the molecule is CCOC(=O)C(N)CS.NS(=O)(=O)O. The Hall–Kier alpha value is -0.350. The summed E-state index contributed by atoms with van der Waals surface area (Å²) in [6.45, 7) is 2.11. The number of ether oxygens (including phenoxy) is 1. The second-order valence-electron chi connectivity index (χ2n) is 2.06. The van der Waals surface area contributed by atoms with E-state index in [0.717, 1.165) is 0 Å². The molecule has 14 heavy (non-hydrogen) atoms. The maximum Gasteiger partial charge on any atom is 0.330 e. The predicted octanol–water partition coefficient (Wildman–Crippen LogP) is -1.45. The fourth-order valence-electron chi connectivity index (χ4n) is 0.324. The Morgan fingerprint density at radius 3 is 2.21 bits per heavy atom. The van der Waals surface area contributed by atoms with Gasteiger partial charge >= 0.3 is 16.3 Å². The average Bonchev–Trinajstić information content (AvgIpc) is 2.00. The molecule has 1 unspecified atom stereocenters. The third kappa shape index (κ3) is 17.7. The molecule has 0 aromatic rings. The zero-order chi connectivity index (χ0) is 11.8. The van der Waals surface area contributed by atoms with Crippen molar-refractivity contribution in [3.05, 3.63) is 0 Å². The predicted molar refractivity (Wildman–Crippen MR) is 54.2 cm³/mol.